The summed E-state index contributed by atoms with van der Waals surface area (Å²) in [5, 5.41) is 2.70. The van der Waals surface area contributed by atoms with Gasteiger partial charge >= 0.3 is 6.09 Å². The molecule has 1 N–H and O–H groups in total. The molecule has 2 aromatic carbocycles. The van der Waals surface area contributed by atoms with E-state index in [2.05, 4.69) is 5.32 Å². The summed E-state index contributed by atoms with van der Waals surface area (Å²) in [7, 11) is 0. The van der Waals surface area contributed by atoms with E-state index in [9.17, 15) is 14.0 Å². The van der Waals surface area contributed by atoms with Gasteiger partial charge < -0.3 is 10.1 Å². The minimum Gasteiger partial charge on any atom is -0.410 e. The van der Waals surface area contributed by atoms with Gasteiger partial charge in [-0.3, -0.25) is 9.69 Å². The maximum Gasteiger partial charge on any atom is 0.415 e. The Labute approximate surface area is 139 Å². The van der Waals surface area contributed by atoms with Crippen molar-refractivity contribution in [3.05, 3.63) is 60.4 Å². The highest BCUT2D eigenvalue weighted by atomic mass is 19.1. The third-order valence-corrected chi connectivity index (χ3v) is 3.85. The molecule has 1 heterocycles. The van der Waals surface area contributed by atoms with Crippen LogP contribution >= 0.6 is 0 Å². The maximum absolute atomic E-state index is 12.9. The third-order valence-electron chi connectivity index (χ3n) is 3.85. The quantitative estimate of drug-likeness (QED) is 0.939. The molecule has 0 spiro atoms. The molecule has 6 heteroatoms. The van der Waals surface area contributed by atoms with Crippen LogP contribution in [-0.2, 0) is 4.79 Å². The number of nitrogens with one attached hydrogen (secondary N) is 1. The number of anilines is 1. The molecule has 24 heavy (non-hydrogen) atoms. The molecule has 0 bridgehead atoms. The first-order valence-corrected chi connectivity index (χ1v) is 7.73. The van der Waals surface area contributed by atoms with Crippen LogP contribution in [0.25, 0.3) is 0 Å². The second-order valence-corrected chi connectivity index (χ2v) is 5.53. The second-order valence-electron chi connectivity index (χ2n) is 5.53. The smallest absolute Gasteiger partial charge is 0.410 e. The van der Waals surface area contributed by atoms with E-state index in [-0.39, 0.29) is 11.7 Å². The standard InChI is InChI=1S/C18H17FN2O3/c19-13-8-10-14(11-9-13)20-17(22)16-7-4-12-21(16)18(23)24-15-5-2-1-3-6-15/h1-3,5-6,8-11,16H,4,7,12H2,(H,20,22)/t16-/m1/s1. The molecule has 0 aromatic heterocycles. The molecule has 1 atom stereocenters. The summed E-state index contributed by atoms with van der Waals surface area (Å²) < 4.78 is 18.2. The number of carbonyl (C=O) groups is 2. The van der Waals surface area contributed by atoms with Crippen LogP contribution in [0.1, 0.15) is 12.8 Å². The first kappa shape index (κ1) is 16.0. The van der Waals surface area contributed by atoms with Gasteiger partial charge in [-0.1, -0.05) is 18.2 Å². The van der Waals surface area contributed by atoms with Gasteiger partial charge in [0.2, 0.25) is 5.91 Å². The van der Waals surface area contributed by atoms with E-state index in [1.54, 1.807) is 24.3 Å². The van der Waals surface area contributed by atoms with Gasteiger partial charge in [-0.05, 0) is 49.2 Å². The van der Waals surface area contributed by atoms with E-state index in [0.29, 0.717) is 24.4 Å². The lowest BCUT2D eigenvalue weighted by atomic mass is 10.2. The van der Waals surface area contributed by atoms with E-state index in [0.717, 1.165) is 6.42 Å². The SMILES string of the molecule is O=C(Nc1ccc(F)cc1)[C@H]1CCCN1C(=O)Oc1ccccc1. The monoisotopic (exact) mass is 328 g/mol. The molecule has 0 saturated carbocycles. The summed E-state index contributed by atoms with van der Waals surface area (Å²) in [5.41, 5.74) is 0.490. The predicted octanol–water partition coefficient (Wildman–Crippen LogP) is 3.43. The Balaban J connectivity index is 1.65. The fourth-order valence-electron chi connectivity index (χ4n) is 2.66. The highest BCUT2D eigenvalue weighted by molar-refractivity contribution is 5.97. The molecule has 1 aliphatic rings. The summed E-state index contributed by atoms with van der Waals surface area (Å²) >= 11 is 0. The Morgan fingerprint density at radius 3 is 2.50 bits per heavy atom. The number of amides is 2. The van der Waals surface area contributed by atoms with Crippen LogP contribution in [0.5, 0.6) is 5.75 Å². The molecule has 1 fully saturated rings. The van der Waals surface area contributed by atoms with Crippen molar-refractivity contribution in [2.45, 2.75) is 18.9 Å². The van der Waals surface area contributed by atoms with Crippen LogP contribution in [0.2, 0.25) is 0 Å². The fraction of sp³-hybridized carbons (Fsp3) is 0.222. The molecule has 1 saturated heterocycles. The first-order valence-electron chi connectivity index (χ1n) is 7.73. The number of nitrogens with zero attached hydrogens (tertiary/aromatic N) is 1. The van der Waals surface area contributed by atoms with Gasteiger partial charge in [0.1, 0.15) is 17.6 Å². The molecule has 2 aromatic rings. The van der Waals surface area contributed by atoms with E-state index in [1.165, 1.54) is 29.2 Å². The van der Waals surface area contributed by atoms with Gasteiger partial charge in [-0.25, -0.2) is 9.18 Å². The van der Waals surface area contributed by atoms with Crippen molar-refractivity contribution >= 4 is 17.7 Å². The van der Waals surface area contributed by atoms with Gasteiger partial charge in [-0.15, -0.1) is 0 Å². The molecule has 124 valence electrons. The molecule has 0 radical (unpaired) electrons. The zero-order chi connectivity index (χ0) is 16.9. The van der Waals surface area contributed by atoms with Crippen LogP contribution in [0, 0.1) is 5.82 Å². The second kappa shape index (κ2) is 7.12. The van der Waals surface area contributed by atoms with Crippen molar-refractivity contribution in [2.75, 3.05) is 11.9 Å². The number of benzene rings is 2. The number of hydrogen-bond donors (Lipinski definition) is 1. The van der Waals surface area contributed by atoms with Crippen LogP contribution in [0.4, 0.5) is 14.9 Å². The van der Waals surface area contributed by atoms with Gasteiger partial charge in [0.15, 0.2) is 0 Å². The third kappa shape index (κ3) is 3.71. The Morgan fingerprint density at radius 1 is 1.08 bits per heavy atom. The van der Waals surface area contributed by atoms with Crippen molar-refractivity contribution in [3.8, 4) is 5.75 Å². The summed E-state index contributed by atoms with van der Waals surface area (Å²) in [4.78, 5) is 26.1. The van der Waals surface area contributed by atoms with E-state index >= 15 is 0 Å². The molecule has 5 nitrogen and oxygen atoms in total. The number of halogens is 1. The van der Waals surface area contributed by atoms with Gasteiger partial charge in [0.05, 0.1) is 0 Å². The minimum absolute atomic E-state index is 0.302. The highest BCUT2D eigenvalue weighted by Gasteiger charge is 2.35. The zero-order valence-electron chi connectivity index (χ0n) is 12.9. The zero-order valence-corrected chi connectivity index (χ0v) is 12.9. The lowest BCUT2D eigenvalue weighted by Crippen LogP contribution is -2.44. The fourth-order valence-corrected chi connectivity index (χ4v) is 2.66. The highest BCUT2D eigenvalue weighted by Crippen LogP contribution is 2.21. The Kier molecular flexibility index (Phi) is 4.74. The Bertz CT molecular complexity index is 719. The van der Waals surface area contributed by atoms with Crippen LogP contribution in [0.15, 0.2) is 54.6 Å². The topological polar surface area (TPSA) is 58.6 Å². The average Bonchev–Trinajstić information content (AvgIpc) is 3.08. The number of ether oxygens (including phenoxy) is 1. The summed E-state index contributed by atoms with van der Waals surface area (Å²) in [5.74, 6) is -0.238. The number of hydrogen-bond acceptors (Lipinski definition) is 3. The van der Waals surface area contributed by atoms with Crippen molar-refractivity contribution in [3.63, 3.8) is 0 Å². The van der Waals surface area contributed by atoms with E-state index in [1.807, 2.05) is 6.07 Å². The van der Waals surface area contributed by atoms with Gasteiger partial charge in [-0.2, -0.15) is 0 Å². The molecule has 0 aliphatic carbocycles. The number of likely N-dealkylation sites (tertiary alicyclic amines) is 1. The molecule has 1 aliphatic heterocycles. The summed E-state index contributed by atoms with van der Waals surface area (Å²) in [6.45, 7) is 0.465. The lowest BCUT2D eigenvalue weighted by molar-refractivity contribution is -0.119. The van der Waals surface area contributed by atoms with Crippen molar-refractivity contribution < 1.29 is 18.7 Å². The number of para-hydroxylation sites is 1. The normalized spacial score (nSPS) is 16.7. The summed E-state index contributed by atoms with van der Waals surface area (Å²) in [6.07, 6.45) is 0.750. The van der Waals surface area contributed by atoms with E-state index in [4.69, 9.17) is 4.74 Å². The Morgan fingerprint density at radius 2 is 1.79 bits per heavy atom. The van der Waals surface area contributed by atoms with Crippen LogP contribution < -0.4 is 10.1 Å². The van der Waals surface area contributed by atoms with E-state index < -0.39 is 12.1 Å². The van der Waals surface area contributed by atoms with Crippen molar-refractivity contribution in [2.24, 2.45) is 0 Å². The molecule has 2 amide bonds. The number of rotatable bonds is 3. The molecule has 3 rings (SSSR count). The number of carbonyl (C=O) groups excluding carboxylic acids is 2. The Hall–Kier alpha value is -2.89. The maximum atomic E-state index is 12.9. The minimum atomic E-state index is -0.591. The largest absolute Gasteiger partial charge is 0.415 e. The average molecular weight is 328 g/mol. The van der Waals surface area contributed by atoms with Crippen LogP contribution in [-0.4, -0.2) is 29.5 Å². The molecule has 0 unspecified atom stereocenters. The van der Waals surface area contributed by atoms with Crippen LogP contribution in [0.3, 0.4) is 0 Å². The first-order chi connectivity index (χ1) is 11.6. The van der Waals surface area contributed by atoms with Crippen molar-refractivity contribution in [1.29, 1.82) is 0 Å². The lowest BCUT2D eigenvalue weighted by Gasteiger charge is -2.23. The molecular weight excluding hydrogens is 311 g/mol. The van der Waals surface area contributed by atoms with Crippen molar-refractivity contribution in [1.82, 2.24) is 4.90 Å². The predicted molar refractivity (Wildman–Crippen MR) is 87.2 cm³/mol. The summed E-state index contributed by atoms with van der Waals surface area (Å²) in [6, 6.07) is 13.6. The van der Waals surface area contributed by atoms with Gasteiger partial charge in [0.25, 0.3) is 0 Å². The molecular formula is C18H17FN2O3. The van der Waals surface area contributed by atoms with Gasteiger partial charge in [0, 0.05) is 12.2 Å².